The van der Waals surface area contributed by atoms with Crippen LogP contribution in [0.5, 0.6) is 0 Å². The SMILES string of the molecule is CC(C)(C)OC(=O)NC(Cc1ccccc1)C(=O)O.COC(=O)C(N)Cc1cnc[nH]1. The van der Waals surface area contributed by atoms with Crippen molar-refractivity contribution in [2.75, 3.05) is 7.11 Å². The van der Waals surface area contributed by atoms with Crippen LogP contribution in [0.3, 0.4) is 0 Å². The summed E-state index contributed by atoms with van der Waals surface area (Å²) in [4.78, 5) is 40.2. The number of aromatic nitrogens is 2. The number of carboxylic acids is 1. The van der Waals surface area contributed by atoms with Crippen LogP contribution in [0, 0.1) is 0 Å². The van der Waals surface area contributed by atoms with E-state index < -0.39 is 35.7 Å². The van der Waals surface area contributed by atoms with E-state index in [-0.39, 0.29) is 6.42 Å². The van der Waals surface area contributed by atoms with Gasteiger partial charge in [0, 0.05) is 24.7 Å². The van der Waals surface area contributed by atoms with Gasteiger partial charge in [-0.25, -0.2) is 14.6 Å². The molecule has 10 heteroatoms. The second-order valence-electron chi connectivity index (χ2n) is 7.64. The lowest BCUT2D eigenvalue weighted by Crippen LogP contribution is -2.44. The zero-order valence-electron chi connectivity index (χ0n) is 18.1. The molecule has 1 aromatic carbocycles. The maximum atomic E-state index is 11.6. The summed E-state index contributed by atoms with van der Waals surface area (Å²) in [5, 5.41) is 11.5. The molecule has 0 saturated heterocycles. The highest BCUT2D eigenvalue weighted by molar-refractivity contribution is 5.80. The molecule has 0 fully saturated rings. The number of methoxy groups -OCH3 is 1. The molecule has 170 valence electrons. The van der Waals surface area contributed by atoms with Crippen molar-refractivity contribution in [2.45, 2.75) is 51.3 Å². The van der Waals surface area contributed by atoms with Crippen LogP contribution in [0.4, 0.5) is 4.79 Å². The number of hydrogen-bond donors (Lipinski definition) is 4. The lowest BCUT2D eigenvalue weighted by Gasteiger charge is -2.22. The van der Waals surface area contributed by atoms with Crippen molar-refractivity contribution < 1.29 is 29.0 Å². The minimum atomic E-state index is -1.09. The summed E-state index contributed by atoms with van der Waals surface area (Å²) in [6, 6.07) is 7.50. The average molecular weight is 434 g/mol. The van der Waals surface area contributed by atoms with Gasteiger partial charge in [0.05, 0.1) is 13.4 Å². The molecule has 1 heterocycles. The molecule has 2 atom stereocenters. The van der Waals surface area contributed by atoms with Crippen molar-refractivity contribution in [1.29, 1.82) is 0 Å². The second kappa shape index (κ2) is 12.3. The van der Waals surface area contributed by atoms with E-state index in [0.717, 1.165) is 11.3 Å². The minimum Gasteiger partial charge on any atom is -0.480 e. The van der Waals surface area contributed by atoms with E-state index in [4.69, 9.17) is 15.6 Å². The van der Waals surface area contributed by atoms with Crippen LogP contribution in [-0.2, 0) is 31.9 Å². The summed E-state index contributed by atoms with van der Waals surface area (Å²) in [5.41, 5.74) is 6.51. The fraction of sp³-hybridized carbons (Fsp3) is 0.429. The molecular weight excluding hydrogens is 404 g/mol. The summed E-state index contributed by atoms with van der Waals surface area (Å²) in [5.74, 6) is -1.50. The van der Waals surface area contributed by atoms with Crippen LogP contribution in [0.15, 0.2) is 42.9 Å². The zero-order valence-corrected chi connectivity index (χ0v) is 18.1. The molecular formula is C21H30N4O6. The minimum absolute atomic E-state index is 0.218. The van der Waals surface area contributed by atoms with Gasteiger partial charge in [-0.05, 0) is 26.3 Å². The number of nitrogens with one attached hydrogen (secondary N) is 2. The average Bonchev–Trinajstić information content (AvgIpc) is 3.19. The van der Waals surface area contributed by atoms with Gasteiger partial charge >= 0.3 is 18.0 Å². The van der Waals surface area contributed by atoms with E-state index in [2.05, 4.69) is 20.0 Å². The van der Waals surface area contributed by atoms with Crippen LogP contribution >= 0.6 is 0 Å². The summed E-state index contributed by atoms with van der Waals surface area (Å²) in [6.45, 7) is 5.17. The predicted molar refractivity (Wildman–Crippen MR) is 113 cm³/mol. The highest BCUT2D eigenvalue weighted by Crippen LogP contribution is 2.08. The number of esters is 1. The fourth-order valence-electron chi connectivity index (χ4n) is 2.37. The monoisotopic (exact) mass is 434 g/mol. The number of nitrogens with two attached hydrogens (primary N) is 1. The normalized spacial score (nSPS) is 12.5. The first-order valence-electron chi connectivity index (χ1n) is 9.58. The number of rotatable bonds is 7. The number of benzene rings is 1. The Balaban J connectivity index is 0.000000343. The van der Waals surface area contributed by atoms with Gasteiger partial charge in [0.1, 0.15) is 17.7 Å². The first-order valence-corrected chi connectivity index (χ1v) is 9.58. The van der Waals surface area contributed by atoms with Gasteiger partial charge in [-0.1, -0.05) is 30.3 Å². The quantitative estimate of drug-likeness (QED) is 0.479. The molecule has 2 rings (SSSR count). The molecule has 10 nitrogen and oxygen atoms in total. The molecule has 2 unspecified atom stereocenters. The van der Waals surface area contributed by atoms with Gasteiger partial charge in [0.15, 0.2) is 0 Å². The van der Waals surface area contributed by atoms with Crippen molar-refractivity contribution in [3.8, 4) is 0 Å². The largest absolute Gasteiger partial charge is 0.480 e. The van der Waals surface area contributed by atoms with Crippen molar-refractivity contribution >= 4 is 18.0 Å². The third-order valence-electron chi connectivity index (χ3n) is 3.77. The molecule has 0 aliphatic carbocycles. The molecule has 1 aromatic heterocycles. The first kappa shape index (κ1) is 25.6. The van der Waals surface area contributed by atoms with Gasteiger partial charge in [-0.2, -0.15) is 0 Å². The number of nitrogens with zero attached hydrogens (tertiary/aromatic N) is 1. The molecule has 5 N–H and O–H groups in total. The first-order chi connectivity index (χ1) is 14.5. The third kappa shape index (κ3) is 10.8. The van der Waals surface area contributed by atoms with E-state index in [1.807, 2.05) is 30.3 Å². The van der Waals surface area contributed by atoms with E-state index in [0.29, 0.717) is 6.42 Å². The highest BCUT2D eigenvalue weighted by atomic mass is 16.6. The van der Waals surface area contributed by atoms with E-state index in [1.165, 1.54) is 7.11 Å². The topological polar surface area (TPSA) is 157 Å². The smallest absolute Gasteiger partial charge is 0.408 e. The van der Waals surface area contributed by atoms with Crippen LogP contribution in [-0.4, -0.2) is 57.9 Å². The summed E-state index contributed by atoms with van der Waals surface area (Å²) in [6.07, 6.45) is 3.08. The number of carboxylic acid groups (broad SMARTS) is 1. The standard InChI is InChI=1S/C14H19NO4.C7H11N3O2/c1-14(2,3)19-13(18)15-11(12(16)17)9-10-7-5-4-6-8-10;1-12-7(11)6(8)2-5-3-9-4-10-5/h4-8,11H,9H2,1-3H3,(H,15,18)(H,16,17);3-4,6H,2,8H2,1H3,(H,9,10). The van der Waals surface area contributed by atoms with E-state index in [9.17, 15) is 14.4 Å². The number of aromatic amines is 1. The van der Waals surface area contributed by atoms with Gasteiger partial charge in [0.2, 0.25) is 0 Å². The summed E-state index contributed by atoms with van der Waals surface area (Å²) in [7, 11) is 1.31. The number of carbonyl (C=O) groups excluding carboxylic acids is 2. The Kier molecular flexibility index (Phi) is 10.2. The number of aliphatic carboxylic acids is 1. The number of carbonyl (C=O) groups is 3. The van der Waals surface area contributed by atoms with Crippen molar-refractivity contribution in [3.63, 3.8) is 0 Å². The molecule has 0 bridgehead atoms. The van der Waals surface area contributed by atoms with Gasteiger partial charge in [0.25, 0.3) is 0 Å². The van der Waals surface area contributed by atoms with E-state index >= 15 is 0 Å². The van der Waals surface area contributed by atoms with Gasteiger partial charge in [-0.3, -0.25) is 4.79 Å². The Morgan fingerprint density at radius 3 is 2.32 bits per heavy atom. The Labute approximate surface area is 181 Å². The van der Waals surface area contributed by atoms with Crippen LogP contribution < -0.4 is 11.1 Å². The number of imidazole rings is 1. The molecule has 1 amide bonds. The number of ether oxygens (including phenoxy) is 2. The zero-order chi connectivity index (χ0) is 23.4. The Hall–Kier alpha value is -3.40. The maximum Gasteiger partial charge on any atom is 0.408 e. The van der Waals surface area contributed by atoms with Crippen molar-refractivity contribution in [3.05, 3.63) is 54.1 Å². The molecule has 0 radical (unpaired) electrons. The molecule has 0 saturated carbocycles. The molecule has 0 aliphatic rings. The van der Waals surface area contributed by atoms with Gasteiger partial charge in [-0.15, -0.1) is 0 Å². The number of amides is 1. The third-order valence-corrected chi connectivity index (χ3v) is 3.77. The number of hydrogen-bond acceptors (Lipinski definition) is 7. The molecule has 2 aromatic rings. The number of H-pyrrole nitrogens is 1. The Morgan fingerprint density at radius 1 is 1.19 bits per heavy atom. The summed E-state index contributed by atoms with van der Waals surface area (Å²) >= 11 is 0. The predicted octanol–water partition coefficient (Wildman–Crippen LogP) is 1.66. The molecule has 0 spiro atoms. The van der Waals surface area contributed by atoms with Crippen LogP contribution in [0.1, 0.15) is 32.0 Å². The van der Waals surface area contributed by atoms with Crippen molar-refractivity contribution in [1.82, 2.24) is 15.3 Å². The Morgan fingerprint density at radius 2 is 1.84 bits per heavy atom. The van der Waals surface area contributed by atoms with Gasteiger partial charge < -0.3 is 30.6 Å². The molecule has 0 aliphatic heterocycles. The van der Waals surface area contributed by atoms with Crippen molar-refractivity contribution in [2.24, 2.45) is 5.73 Å². The summed E-state index contributed by atoms with van der Waals surface area (Å²) < 4.78 is 9.51. The number of alkyl carbamates (subject to hydrolysis) is 1. The lowest BCUT2D eigenvalue weighted by atomic mass is 10.1. The fourth-order valence-corrected chi connectivity index (χ4v) is 2.37. The van der Waals surface area contributed by atoms with Crippen LogP contribution in [0.25, 0.3) is 0 Å². The second-order valence-corrected chi connectivity index (χ2v) is 7.64. The maximum absolute atomic E-state index is 11.6. The Bertz CT molecular complexity index is 818. The van der Waals surface area contributed by atoms with E-state index in [1.54, 1.807) is 33.3 Å². The van der Waals surface area contributed by atoms with Crippen LogP contribution in [0.2, 0.25) is 0 Å². The highest BCUT2D eigenvalue weighted by Gasteiger charge is 2.24. The molecule has 31 heavy (non-hydrogen) atoms. The lowest BCUT2D eigenvalue weighted by molar-refractivity contribution is -0.142.